The fraction of sp³-hybridized carbons (Fsp3) is 0.278. The minimum atomic E-state index is -0.227. The van der Waals surface area contributed by atoms with E-state index >= 15 is 0 Å². The number of hydrogen-bond acceptors (Lipinski definition) is 2. The summed E-state index contributed by atoms with van der Waals surface area (Å²) in [4.78, 5) is 11.7. The molecule has 2 nitrogen and oxygen atoms in total. The Morgan fingerprint density at radius 3 is 1.73 bits per heavy atom. The molecule has 1 atom stereocenters. The van der Waals surface area contributed by atoms with Crippen LogP contribution in [0.2, 0.25) is 0 Å². The van der Waals surface area contributed by atoms with Crippen molar-refractivity contribution in [3.8, 4) is 0 Å². The van der Waals surface area contributed by atoms with Crippen LogP contribution in [-0.4, -0.2) is 12.1 Å². The molecular formula is C18H18Br2O2. The lowest BCUT2D eigenvalue weighted by Crippen LogP contribution is -2.23. The van der Waals surface area contributed by atoms with Gasteiger partial charge in [-0.05, 0) is 42.3 Å². The average Bonchev–Trinajstić information content (AvgIpc) is 2.51. The first-order valence-electron chi connectivity index (χ1n) is 7.21. The van der Waals surface area contributed by atoms with E-state index in [0.29, 0.717) is 6.42 Å². The van der Waals surface area contributed by atoms with Crippen molar-refractivity contribution >= 4 is 37.8 Å². The van der Waals surface area contributed by atoms with Crippen molar-refractivity contribution in [2.24, 2.45) is 0 Å². The van der Waals surface area contributed by atoms with Gasteiger partial charge in [0.05, 0.1) is 0 Å². The number of carbonyl (C=O) groups is 1. The van der Waals surface area contributed by atoms with Gasteiger partial charge in [0.2, 0.25) is 0 Å². The Bertz CT molecular complexity index is 575. The molecule has 4 heteroatoms. The summed E-state index contributed by atoms with van der Waals surface area (Å²) in [5, 5.41) is 0. The van der Waals surface area contributed by atoms with E-state index in [4.69, 9.17) is 4.74 Å². The van der Waals surface area contributed by atoms with Crippen LogP contribution in [-0.2, 0) is 9.53 Å². The second-order valence-corrected chi connectivity index (χ2v) is 6.96. The molecule has 0 spiro atoms. The molecule has 116 valence electrons. The van der Waals surface area contributed by atoms with Crippen LogP contribution in [0, 0.1) is 0 Å². The van der Waals surface area contributed by atoms with E-state index in [2.05, 4.69) is 56.1 Å². The van der Waals surface area contributed by atoms with Gasteiger partial charge in [-0.1, -0.05) is 63.0 Å². The minimum absolute atomic E-state index is 0.0108. The molecule has 0 fully saturated rings. The van der Waals surface area contributed by atoms with Crippen LogP contribution < -0.4 is 0 Å². The fourth-order valence-electron chi connectivity index (χ4n) is 2.43. The topological polar surface area (TPSA) is 26.3 Å². The number of carbonyl (C=O) groups excluding carboxylic acids is 1. The van der Waals surface area contributed by atoms with Gasteiger partial charge in [0.15, 0.2) is 0 Å². The molecule has 0 heterocycles. The summed E-state index contributed by atoms with van der Waals surface area (Å²) in [7, 11) is 0. The quantitative estimate of drug-likeness (QED) is 0.575. The molecule has 0 radical (unpaired) electrons. The lowest BCUT2D eigenvalue weighted by Gasteiger charge is -2.25. The van der Waals surface area contributed by atoms with Gasteiger partial charge in [0.25, 0.3) is 0 Å². The Hall–Kier alpha value is -1.13. The third-order valence-corrected chi connectivity index (χ3v) is 4.59. The summed E-state index contributed by atoms with van der Waals surface area (Å²) in [5.74, 6) is -0.163. The van der Waals surface area contributed by atoms with Gasteiger partial charge in [0, 0.05) is 21.3 Å². The lowest BCUT2D eigenvalue weighted by molar-refractivity contribution is -0.148. The molecule has 0 saturated carbocycles. The number of rotatable bonds is 5. The number of esters is 1. The molecule has 2 rings (SSSR count). The Balaban J connectivity index is 2.37. The molecule has 2 aromatic rings. The number of hydrogen-bond donors (Lipinski definition) is 0. The molecule has 22 heavy (non-hydrogen) atoms. The lowest BCUT2D eigenvalue weighted by atomic mass is 9.87. The van der Waals surface area contributed by atoms with Crippen LogP contribution in [0.25, 0.3) is 0 Å². The molecule has 0 bridgehead atoms. The second kappa shape index (κ2) is 7.93. The van der Waals surface area contributed by atoms with Crippen LogP contribution in [0.4, 0.5) is 0 Å². The molecule has 0 aliphatic carbocycles. The van der Waals surface area contributed by atoms with Gasteiger partial charge < -0.3 is 4.74 Å². The predicted octanol–water partition coefficient (Wildman–Crippen LogP) is 5.69. The van der Waals surface area contributed by atoms with Crippen LogP contribution in [0.15, 0.2) is 57.5 Å². The van der Waals surface area contributed by atoms with Crippen LogP contribution >= 0.6 is 31.9 Å². The molecule has 0 aliphatic rings. The summed E-state index contributed by atoms with van der Waals surface area (Å²) in [6, 6.07) is 16.3. The van der Waals surface area contributed by atoms with Gasteiger partial charge in [-0.2, -0.15) is 0 Å². The zero-order valence-electron chi connectivity index (χ0n) is 12.6. The highest BCUT2D eigenvalue weighted by Crippen LogP contribution is 2.31. The third kappa shape index (κ3) is 4.43. The van der Waals surface area contributed by atoms with Gasteiger partial charge in [-0.25, -0.2) is 0 Å². The summed E-state index contributed by atoms with van der Waals surface area (Å²) in [6.07, 6.45) is 0.160. The normalized spacial score (nSPS) is 12.2. The van der Waals surface area contributed by atoms with Crippen molar-refractivity contribution in [3.63, 3.8) is 0 Å². The van der Waals surface area contributed by atoms with E-state index in [1.165, 1.54) is 0 Å². The zero-order valence-corrected chi connectivity index (χ0v) is 15.7. The monoisotopic (exact) mass is 424 g/mol. The first-order valence-corrected chi connectivity index (χ1v) is 8.80. The van der Waals surface area contributed by atoms with Crippen LogP contribution in [0.5, 0.6) is 0 Å². The highest BCUT2D eigenvalue weighted by Gasteiger charge is 2.24. The van der Waals surface area contributed by atoms with E-state index < -0.39 is 0 Å². The summed E-state index contributed by atoms with van der Waals surface area (Å²) in [6.45, 7) is 3.76. The maximum absolute atomic E-state index is 11.7. The molecule has 1 unspecified atom stereocenters. The minimum Gasteiger partial charge on any atom is -0.462 e. The number of halogens is 2. The predicted molar refractivity (Wildman–Crippen MR) is 96.0 cm³/mol. The van der Waals surface area contributed by atoms with Crippen molar-refractivity contribution in [1.29, 1.82) is 0 Å². The standard InChI is InChI=1S/C18H18Br2O2/c1-3-17(21)22-12(2)18(13-4-8-15(19)9-5-13)14-6-10-16(20)11-7-14/h4-12,18H,3H2,1-2H3. The van der Waals surface area contributed by atoms with Crippen LogP contribution in [0.1, 0.15) is 37.3 Å². The Morgan fingerprint density at radius 1 is 0.955 bits per heavy atom. The van der Waals surface area contributed by atoms with E-state index in [-0.39, 0.29) is 18.0 Å². The second-order valence-electron chi connectivity index (χ2n) is 5.13. The van der Waals surface area contributed by atoms with Gasteiger partial charge in [-0.15, -0.1) is 0 Å². The molecule has 0 saturated heterocycles. The first-order chi connectivity index (χ1) is 10.5. The molecule has 2 aromatic carbocycles. The molecular weight excluding hydrogens is 408 g/mol. The van der Waals surface area contributed by atoms with Crippen molar-refractivity contribution in [3.05, 3.63) is 68.6 Å². The Kier molecular flexibility index (Phi) is 6.21. The first kappa shape index (κ1) is 17.2. The molecule has 0 N–H and O–H groups in total. The van der Waals surface area contributed by atoms with Gasteiger partial charge >= 0.3 is 5.97 Å². The Labute approximate surface area is 148 Å². The van der Waals surface area contributed by atoms with Crippen molar-refractivity contribution in [2.45, 2.75) is 32.3 Å². The largest absolute Gasteiger partial charge is 0.462 e. The average molecular weight is 426 g/mol. The highest BCUT2D eigenvalue weighted by molar-refractivity contribution is 9.10. The fourth-order valence-corrected chi connectivity index (χ4v) is 2.96. The maximum Gasteiger partial charge on any atom is 0.305 e. The maximum atomic E-state index is 11.7. The van der Waals surface area contributed by atoms with E-state index in [9.17, 15) is 4.79 Å². The molecule has 0 aromatic heterocycles. The van der Waals surface area contributed by atoms with Crippen molar-refractivity contribution in [2.75, 3.05) is 0 Å². The Morgan fingerprint density at radius 2 is 1.36 bits per heavy atom. The van der Waals surface area contributed by atoms with E-state index in [1.807, 2.05) is 38.1 Å². The van der Waals surface area contributed by atoms with Crippen molar-refractivity contribution < 1.29 is 9.53 Å². The SMILES string of the molecule is CCC(=O)OC(C)C(c1ccc(Br)cc1)c1ccc(Br)cc1. The third-order valence-electron chi connectivity index (χ3n) is 3.53. The summed E-state index contributed by atoms with van der Waals surface area (Å²) >= 11 is 6.91. The van der Waals surface area contributed by atoms with Gasteiger partial charge in [-0.3, -0.25) is 4.79 Å². The highest BCUT2D eigenvalue weighted by atomic mass is 79.9. The smallest absolute Gasteiger partial charge is 0.305 e. The van der Waals surface area contributed by atoms with Crippen LogP contribution in [0.3, 0.4) is 0 Å². The van der Waals surface area contributed by atoms with Gasteiger partial charge in [0.1, 0.15) is 6.10 Å². The van der Waals surface area contributed by atoms with Crippen molar-refractivity contribution in [1.82, 2.24) is 0 Å². The summed E-state index contributed by atoms with van der Waals surface area (Å²) in [5.41, 5.74) is 2.25. The number of ether oxygens (including phenoxy) is 1. The molecule has 0 aliphatic heterocycles. The number of benzene rings is 2. The van der Waals surface area contributed by atoms with E-state index in [1.54, 1.807) is 0 Å². The van der Waals surface area contributed by atoms with E-state index in [0.717, 1.165) is 20.1 Å². The summed E-state index contributed by atoms with van der Waals surface area (Å²) < 4.78 is 7.63. The zero-order chi connectivity index (χ0) is 16.1. The molecule has 0 amide bonds.